The minimum atomic E-state index is 0.0898. The fraction of sp³-hybridized carbons (Fsp3) is 0.722. The number of carbonyl (C=O) groups excluding carboxylic acids is 1. The molecule has 1 amide bonds. The van der Waals surface area contributed by atoms with Gasteiger partial charge in [-0.25, -0.2) is 0 Å². The van der Waals surface area contributed by atoms with Crippen molar-refractivity contribution in [2.45, 2.75) is 50.7 Å². The second kappa shape index (κ2) is 6.91. The molecule has 1 aromatic rings. The molecule has 3 fully saturated rings. The van der Waals surface area contributed by atoms with Crippen LogP contribution in [-0.2, 0) is 11.3 Å². The number of nitrogens with one attached hydrogen (secondary N) is 1. The van der Waals surface area contributed by atoms with Crippen LogP contribution >= 0.6 is 11.3 Å². The molecule has 1 saturated carbocycles. The highest BCUT2D eigenvalue weighted by Crippen LogP contribution is 2.33. The fourth-order valence-corrected chi connectivity index (χ4v) is 5.23. The number of hydrogen-bond acceptors (Lipinski definition) is 4. The van der Waals surface area contributed by atoms with Crippen molar-refractivity contribution >= 4 is 17.2 Å². The number of carbonyl (C=O) groups is 1. The van der Waals surface area contributed by atoms with E-state index in [2.05, 4.69) is 32.6 Å². The van der Waals surface area contributed by atoms with Crippen LogP contribution in [0.15, 0.2) is 17.5 Å². The highest BCUT2D eigenvalue weighted by molar-refractivity contribution is 7.09. The van der Waals surface area contributed by atoms with E-state index in [1.807, 2.05) is 11.3 Å². The molecule has 1 N–H and O–H groups in total. The highest BCUT2D eigenvalue weighted by atomic mass is 32.1. The lowest BCUT2D eigenvalue weighted by Crippen LogP contribution is -2.53. The molecule has 126 valence electrons. The molecule has 5 heteroatoms. The average Bonchev–Trinajstić information content (AvgIpc) is 3.24. The van der Waals surface area contributed by atoms with Crippen molar-refractivity contribution < 1.29 is 4.79 Å². The van der Waals surface area contributed by atoms with Crippen molar-refractivity contribution in [2.24, 2.45) is 5.92 Å². The van der Waals surface area contributed by atoms with Crippen molar-refractivity contribution in [1.82, 2.24) is 15.1 Å². The summed E-state index contributed by atoms with van der Waals surface area (Å²) in [6.45, 7) is 4.81. The summed E-state index contributed by atoms with van der Waals surface area (Å²) >= 11 is 1.82. The summed E-state index contributed by atoms with van der Waals surface area (Å²) in [6.07, 6.45) is 6.33. The van der Waals surface area contributed by atoms with Crippen LogP contribution in [0.4, 0.5) is 0 Å². The molecule has 3 unspecified atom stereocenters. The van der Waals surface area contributed by atoms with Gasteiger partial charge in [-0.3, -0.25) is 9.69 Å². The lowest BCUT2D eigenvalue weighted by Gasteiger charge is -2.35. The number of rotatable bonds is 3. The predicted molar refractivity (Wildman–Crippen MR) is 93.5 cm³/mol. The van der Waals surface area contributed by atoms with Crippen LogP contribution < -0.4 is 5.32 Å². The largest absolute Gasteiger partial charge is 0.339 e. The van der Waals surface area contributed by atoms with Gasteiger partial charge in [-0.2, -0.15) is 0 Å². The van der Waals surface area contributed by atoms with Crippen LogP contribution in [0.5, 0.6) is 0 Å². The third-order valence-electron chi connectivity index (χ3n) is 5.80. The molecule has 1 aromatic heterocycles. The van der Waals surface area contributed by atoms with Gasteiger partial charge in [0.2, 0.25) is 5.91 Å². The van der Waals surface area contributed by atoms with Gasteiger partial charge in [0.25, 0.3) is 0 Å². The molecule has 2 saturated heterocycles. The van der Waals surface area contributed by atoms with E-state index in [0.29, 0.717) is 11.9 Å². The minimum Gasteiger partial charge on any atom is -0.339 e. The topological polar surface area (TPSA) is 35.6 Å². The SMILES string of the molecule is O=C(C1CC2CCCCC2N1)N1CCN(Cc2cccs2)CC1. The standard InChI is InChI=1S/C18H27N3OS/c22-18(17-12-14-4-1-2-6-16(14)19-17)21-9-7-20(8-10-21)13-15-5-3-11-23-15/h3,5,11,14,16-17,19H,1-2,4,6-10,12-13H2. The lowest BCUT2D eigenvalue weighted by molar-refractivity contribution is -0.135. The highest BCUT2D eigenvalue weighted by Gasteiger charge is 2.40. The second-order valence-corrected chi connectivity index (χ2v) is 8.32. The Labute approximate surface area is 142 Å². The number of fused-ring (bicyclic) bond motifs is 1. The first kappa shape index (κ1) is 15.6. The maximum Gasteiger partial charge on any atom is 0.239 e. The predicted octanol–water partition coefficient (Wildman–Crippen LogP) is 2.31. The smallest absolute Gasteiger partial charge is 0.239 e. The lowest BCUT2D eigenvalue weighted by atomic mass is 9.85. The number of amides is 1. The Morgan fingerprint density at radius 1 is 1.22 bits per heavy atom. The normalized spacial score (nSPS) is 32.0. The number of thiophene rings is 1. The zero-order valence-electron chi connectivity index (χ0n) is 13.7. The van der Waals surface area contributed by atoms with Gasteiger partial charge >= 0.3 is 0 Å². The van der Waals surface area contributed by atoms with Crippen LogP contribution in [0.2, 0.25) is 0 Å². The van der Waals surface area contributed by atoms with Crippen molar-refractivity contribution in [3.05, 3.63) is 22.4 Å². The molecule has 1 aliphatic carbocycles. The van der Waals surface area contributed by atoms with Gasteiger partial charge in [0.15, 0.2) is 0 Å². The maximum absolute atomic E-state index is 12.8. The summed E-state index contributed by atoms with van der Waals surface area (Å²) in [5.41, 5.74) is 0. The summed E-state index contributed by atoms with van der Waals surface area (Å²) < 4.78 is 0. The first-order valence-corrected chi connectivity index (χ1v) is 9.97. The molecule has 0 spiro atoms. The zero-order valence-corrected chi connectivity index (χ0v) is 14.6. The van der Waals surface area contributed by atoms with E-state index in [1.54, 1.807) is 0 Å². The summed E-state index contributed by atoms with van der Waals surface area (Å²) in [4.78, 5) is 18.8. The Balaban J connectivity index is 1.27. The fourth-order valence-electron chi connectivity index (χ4n) is 4.48. The number of nitrogens with zero attached hydrogens (tertiary/aromatic N) is 2. The summed E-state index contributed by atoms with van der Waals surface area (Å²) in [6, 6.07) is 5.02. The van der Waals surface area contributed by atoms with E-state index in [9.17, 15) is 4.79 Å². The summed E-state index contributed by atoms with van der Waals surface area (Å²) in [5.74, 6) is 1.10. The third kappa shape index (κ3) is 3.47. The van der Waals surface area contributed by atoms with Crippen molar-refractivity contribution in [3.63, 3.8) is 0 Å². The molecular formula is C18H27N3OS. The molecule has 3 aliphatic rings. The Morgan fingerprint density at radius 3 is 2.78 bits per heavy atom. The van der Waals surface area contributed by atoms with E-state index < -0.39 is 0 Å². The summed E-state index contributed by atoms with van der Waals surface area (Å²) in [5, 5.41) is 5.77. The van der Waals surface area contributed by atoms with E-state index in [1.165, 1.54) is 30.6 Å². The van der Waals surface area contributed by atoms with Crippen LogP contribution in [0.25, 0.3) is 0 Å². The Bertz CT molecular complexity index is 510. The van der Waals surface area contributed by atoms with Crippen molar-refractivity contribution in [1.29, 1.82) is 0 Å². The molecule has 2 aliphatic heterocycles. The van der Waals surface area contributed by atoms with Crippen LogP contribution in [0, 0.1) is 5.92 Å². The number of piperazine rings is 1. The third-order valence-corrected chi connectivity index (χ3v) is 6.67. The summed E-state index contributed by atoms with van der Waals surface area (Å²) in [7, 11) is 0. The van der Waals surface area contributed by atoms with E-state index in [4.69, 9.17) is 0 Å². The van der Waals surface area contributed by atoms with Gasteiger partial charge in [0.05, 0.1) is 6.04 Å². The van der Waals surface area contributed by atoms with E-state index in [0.717, 1.165) is 45.1 Å². The Morgan fingerprint density at radius 2 is 2.04 bits per heavy atom. The molecule has 3 atom stereocenters. The molecule has 4 rings (SSSR count). The van der Waals surface area contributed by atoms with Crippen molar-refractivity contribution in [2.75, 3.05) is 26.2 Å². The van der Waals surface area contributed by atoms with Gasteiger partial charge in [-0.1, -0.05) is 18.9 Å². The van der Waals surface area contributed by atoms with Gasteiger partial charge in [0, 0.05) is 43.6 Å². The van der Waals surface area contributed by atoms with E-state index in [-0.39, 0.29) is 6.04 Å². The monoisotopic (exact) mass is 333 g/mol. The number of hydrogen-bond donors (Lipinski definition) is 1. The first-order valence-electron chi connectivity index (χ1n) is 9.09. The molecular weight excluding hydrogens is 306 g/mol. The van der Waals surface area contributed by atoms with Crippen LogP contribution in [0.1, 0.15) is 37.0 Å². The van der Waals surface area contributed by atoms with Gasteiger partial charge in [0.1, 0.15) is 0 Å². The molecule has 0 aromatic carbocycles. The van der Waals surface area contributed by atoms with Gasteiger partial charge in [-0.15, -0.1) is 11.3 Å². The Kier molecular flexibility index (Phi) is 4.69. The second-order valence-electron chi connectivity index (χ2n) is 7.29. The average molecular weight is 334 g/mol. The quantitative estimate of drug-likeness (QED) is 0.922. The minimum absolute atomic E-state index is 0.0898. The molecule has 0 radical (unpaired) electrons. The van der Waals surface area contributed by atoms with Crippen LogP contribution in [0.3, 0.4) is 0 Å². The van der Waals surface area contributed by atoms with E-state index >= 15 is 0 Å². The molecule has 23 heavy (non-hydrogen) atoms. The molecule has 3 heterocycles. The van der Waals surface area contributed by atoms with Gasteiger partial charge < -0.3 is 10.2 Å². The molecule has 0 bridgehead atoms. The Hall–Kier alpha value is -0.910. The molecule has 4 nitrogen and oxygen atoms in total. The zero-order chi connectivity index (χ0) is 15.6. The van der Waals surface area contributed by atoms with Crippen LogP contribution in [-0.4, -0.2) is 54.0 Å². The first-order chi connectivity index (χ1) is 11.3. The van der Waals surface area contributed by atoms with Gasteiger partial charge in [-0.05, 0) is 36.6 Å². The maximum atomic E-state index is 12.8. The van der Waals surface area contributed by atoms with Crippen molar-refractivity contribution in [3.8, 4) is 0 Å².